The molecule has 1 heterocycles. The maximum atomic E-state index is 12.3. The van der Waals surface area contributed by atoms with Crippen LogP contribution in [0.15, 0.2) is 36.7 Å². The molecule has 0 radical (unpaired) electrons. The van der Waals surface area contributed by atoms with Gasteiger partial charge in [0.2, 0.25) is 0 Å². The minimum absolute atomic E-state index is 0.0869. The molecule has 2 rings (SSSR count). The first-order valence-corrected chi connectivity index (χ1v) is 7.46. The Hall–Kier alpha value is -2.10. The van der Waals surface area contributed by atoms with Crippen molar-refractivity contribution >= 4 is 6.03 Å². The largest absolute Gasteiger partial charge is 0.344 e. The van der Waals surface area contributed by atoms with Gasteiger partial charge < -0.3 is 4.90 Å². The number of aryl methyl sites for hydroxylation is 2. The molecule has 0 unspecified atom stereocenters. The van der Waals surface area contributed by atoms with E-state index >= 15 is 0 Å². The first-order valence-electron chi connectivity index (χ1n) is 7.46. The Bertz CT molecular complexity index is 558. The first-order chi connectivity index (χ1) is 10.1. The van der Waals surface area contributed by atoms with Crippen molar-refractivity contribution in [1.29, 1.82) is 0 Å². The molecule has 1 aromatic carbocycles. The number of hydrogen-bond acceptors (Lipinski definition) is 2. The lowest BCUT2D eigenvalue weighted by Crippen LogP contribution is -2.34. The normalized spacial score (nSPS) is 9.76. The molecule has 0 atom stereocenters. The number of aromatic nitrogens is 2. The number of carbonyl (C=O) groups excluding carboxylic acids is 1. The Labute approximate surface area is 127 Å². The Kier molecular flexibility index (Phi) is 6.66. The summed E-state index contributed by atoms with van der Waals surface area (Å²) in [4.78, 5) is 14.1. The Balaban J connectivity index is 0.00000106. The Morgan fingerprint density at radius 1 is 1.14 bits per heavy atom. The van der Waals surface area contributed by atoms with E-state index in [0.29, 0.717) is 13.1 Å². The van der Waals surface area contributed by atoms with Gasteiger partial charge in [0.15, 0.2) is 0 Å². The van der Waals surface area contributed by atoms with Gasteiger partial charge in [-0.15, -0.1) is 0 Å². The van der Waals surface area contributed by atoms with Gasteiger partial charge in [0.1, 0.15) is 0 Å². The topological polar surface area (TPSA) is 38.1 Å². The molecule has 0 N–H and O–H groups in total. The Morgan fingerprint density at radius 3 is 2.24 bits per heavy atom. The molecule has 0 spiro atoms. The predicted octanol–water partition coefficient (Wildman–Crippen LogP) is 4.02. The van der Waals surface area contributed by atoms with Crippen LogP contribution >= 0.6 is 0 Å². The van der Waals surface area contributed by atoms with Crippen molar-refractivity contribution in [3.63, 3.8) is 0 Å². The lowest BCUT2D eigenvalue weighted by atomic mass is 10.1. The number of rotatable bonds is 3. The summed E-state index contributed by atoms with van der Waals surface area (Å²) in [6.07, 6.45) is 3.44. The van der Waals surface area contributed by atoms with Gasteiger partial charge >= 0.3 is 6.03 Å². The fourth-order valence-electron chi connectivity index (χ4n) is 1.89. The summed E-state index contributed by atoms with van der Waals surface area (Å²) < 4.78 is 1.40. The number of hydrogen-bond donors (Lipinski definition) is 0. The van der Waals surface area contributed by atoms with Crippen LogP contribution in [0.4, 0.5) is 4.79 Å². The van der Waals surface area contributed by atoms with Gasteiger partial charge in [0.25, 0.3) is 0 Å². The molecule has 4 nitrogen and oxygen atoms in total. The quantitative estimate of drug-likeness (QED) is 0.855. The van der Waals surface area contributed by atoms with E-state index in [4.69, 9.17) is 0 Å². The van der Waals surface area contributed by atoms with Gasteiger partial charge in [0, 0.05) is 19.3 Å². The molecule has 114 valence electrons. The van der Waals surface area contributed by atoms with Gasteiger partial charge in [0.05, 0.1) is 6.20 Å². The fourth-order valence-corrected chi connectivity index (χ4v) is 1.89. The van der Waals surface area contributed by atoms with E-state index in [1.807, 2.05) is 27.7 Å². The van der Waals surface area contributed by atoms with Crippen LogP contribution in [0.3, 0.4) is 0 Å². The monoisotopic (exact) mass is 287 g/mol. The Morgan fingerprint density at radius 2 is 1.76 bits per heavy atom. The standard InChI is InChI=1S/C15H19N3O.C2H6/c1-4-17(11-14-7-5-12(2)6-8-14)15(19)18-10-13(3)9-16-18;1-2/h5-10H,4,11H2,1-3H3;1-2H3. The molecule has 0 saturated heterocycles. The second kappa shape index (κ2) is 8.25. The van der Waals surface area contributed by atoms with Crippen LogP contribution in [0.2, 0.25) is 0 Å². The van der Waals surface area contributed by atoms with E-state index in [-0.39, 0.29) is 6.03 Å². The number of amides is 1. The third-order valence-corrected chi connectivity index (χ3v) is 3.05. The summed E-state index contributed by atoms with van der Waals surface area (Å²) in [6, 6.07) is 8.15. The average molecular weight is 287 g/mol. The SMILES string of the molecule is CC.CCN(Cc1ccc(C)cc1)C(=O)n1cc(C)cn1. The molecule has 1 aromatic heterocycles. The highest BCUT2D eigenvalue weighted by Gasteiger charge is 2.14. The van der Waals surface area contributed by atoms with Gasteiger partial charge in [-0.25, -0.2) is 4.79 Å². The first kappa shape index (κ1) is 17.0. The summed E-state index contributed by atoms with van der Waals surface area (Å²) in [6.45, 7) is 11.2. The van der Waals surface area contributed by atoms with Crippen LogP contribution in [0.5, 0.6) is 0 Å². The molecular formula is C17H25N3O. The van der Waals surface area contributed by atoms with E-state index in [1.54, 1.807) is 17.3 Å². The minimum Gasteiger partial charge on any atom is -0.319 e. The predicted molar refractivity (Wildman–Crippen MR) is 86.4 cm³/mol. The highest BCUT2D eigenvalue weighted by molar-refractivity contribution is 5.76. The summed E-state index contributed by atoms with van der Waals surface area (Å²) in [7, 11) is 0. The van der Waals surface area contributed by atoms with Gasteiger partial charge in [-0.2, -0.15) is 9.78 Å². The molecule has 21 heavy (non-hydrogen) atoms. The minimum atomic E-state index is -0.0869. The smallest absolute Gasteiger partial charge is 0.319 e. The highest BCUT2D eigenvalue weighted by atomic mass is 16.2. The molecular weight excluding hydrogens is 262 g/mol. The maximum Gasteiger partial charge on any atom is 0.344 e. The zero-order valence-electron chi connectivity index (χ0n) is 13.6. The van der Waals surface area contributed by atoms with Crippen LogP contribution in [-0.2, 0) is 6.54 Å². The zero-order chi connectivity index (χ0) is 15.8. The van der Waals surface area contributed by atoms with E-state index in [0.717, 1.165) is 11.1 Å². The fraction of sp³-hybridized carbons (Fsp3) is 0.412. The van der Waals surface area contributed by atoms with Gasteiger partial charge in [-0.1, -0.05) is 43.7 Å². The van der Waals surface area contributed by atoms with Crippen molar-refractivity contribution < 1.29 is 4.79 Å². The number of benzene rings is 1. The molecule has 0 bridgehead atoms. The third kappa shape index (κ3) is 4.74. The van der Waals surface area contributed by atoms with Crippen LogP contribution < -0.4 is 0 Å². The van der Waals surface area contributed by atoms with Gasteiger partial charge in [-0.05, 0) is 31.9 Å². The van der Waals surface area contributed by atoms with Crippen molar-refractivity contribution in [3.8, 4) is 0 Å². The lowest BCUT2D eigenvalue weighted by Gasteiger charge is -2.20. The molecule has 0 aliphatic carbocycles. The average Bonchev–Trinajstić information content (AvgIpc) is 2.94. The molecule has 4 heteroatoms. The molecule has 0 fully saturated rings. The molecule has 0 aliphatic rings. The van der Waals surface area contributed by atoms with Crippen LogP contribution in [0.25, 0.3) is 0 Å². The van der Waals surface area contributed by atoms with E-state index in [2.05, 4.69) is 36.3 Å². The van der Waals surface area contributed by atoms with Gasteiger partial charge in [-0.3, -0.25) is 0 Å². The van der Waals surface area contributed by atoms with Crippen molar-refractivity contribution in [2.24, 2.45) is 0 Å². The van der Waals surface area contributed by atoms with Crippen LogP contribution in [-0.4, -0.2) is 27.3 Å². The molecule has 0 aliphatic heterocycles. The summed E-state index contributed by atoms with van der Waals surface area (Å²) in [5, 5.41) is 4.07. The molecule has 2 aromatic rings. The van der Waals surface area contributed by atoms with Crippen molar-refractivity contribution in [2.75, 3.05) is 6.54 Å². The van der Waals surface area contributed by atoms with Crippen molar-refractivity contribution in [3.05, 3.63) is 53.3 Å². The second-order valence-electron chi connectivity index (χ2n) is 4.74. The summed E-state index contributed by atoms with van der Waals surface area (Å²) in [5.41, 5.74) is 3.34. The van der Waals surface area contributed by atoms with E-state index < -0.39 is 0 Å². The third-order valence-electron chi connectivity index (χ3n) is 3.05. The van der Waals surface area contributed by atoms with Crippen molar-refractivity contribution in [2.45, 2.75) is 41.2 Å². The zero-order valence-corrected chi connectivity index (χ0v) is 13.6. The molecule has 0 saturated carbocycles. The summed E-state index contributed by atoms with van der Waals surface area (Å²) in [5.74, 6) is 0. The summed E-state index contributed by atoms with van der Waals surface area (Å²) >= 11 is 0. The number of nitrogens with zero attached hydrogens (tertiary/aromatic N) is 3. The van der Waals surface area contributed by atoms with Crippen molar-refractivity contribution in [1.82, 2.24) is 14.7 Å². The van der Waals surface area contributed by atoms with Crippen LogP contribution in [0.1, 0.15) is 37.5 Å². The maximum absolute atomic E-state index is 12.3. The lowest BCUT2D eigenvalue weighted by molar-refractivity contribution is 0.196. The second-order valence-corrected chi connectivity index (χ2v) is 4.74. The van der Waals surface area contributed by atoms with E-state index in [9.17, 15) is 4.79 Å². The van der Waals surface area contributed by atoms with E-state index in [1.165, 1.54) is 10.2 Å². The van der Waals surface area contributed by atoms with Crippen LogP contribution in [0, 0.1) is 13.8 Å². The molecule has 1 amide bonds. The number of carbonyl (C=O) groups is 1. The highest BCUT2D eigenvalue weighted by Crippen LogP contribution is 2.08.